The van der Waals surface area contributed by atoms with Crippen LogP contribution in [0.1, 0.15) is 19.4 Å². The monoisotopic (exact) mass is 324 g/mol. The van der Waals surface area contributed by atoms with Crippen LogP contribution in [-0.4, -0.2) is 44.7 Å². The quantitative estimate of drug-likeness (QED) is 0.817. The number of benzene rings is 1. The zero-order valence-corrected chi connectivity index (χ0v) is 14.4. The van der Waals surface area contributed by atoms with E-state index in [0.29, 0.717) is 6.54 Å². The summed E-state index contributed by atoms with van der Waals surface area (Å²) in [6, 6.07) is 5.91. The Morgan fingerprint density at radius 1 is 1.32 bits per heavy atom. The van der Waals surface area contributed by atoms with E-state index in [0.717, 1.165) is 11.1 Å². The fourth-order valence-electron chi connectivity index (χ4n) is 2.01. The van der Waals surface area contributed by atoms with E-state index >= 15 is 0 Å². The Kier molecular flexibility index (Phi) is 6.17. The molecule has 1 aromatic carbocycles. The molecule has 1 atom stereocenters. The van der Waals surface area contributed by atoms with Crippen molar-refractivity contribution in [2.24, 2.45) is 0 Å². The van der Waals surface area contributed by atoms with Gasteiger partial charge in [-0.3, -0.25) is 0 Å². The van der Waals surface area contributed by atoms with Crippen molar-refractivity contribution in [2.75, 3.05) is 19.3 Å². The number of rotatable bonds is 6. The van der Waals surface area contributed by atoms with E-state index in [1.807, 2.05) is 13.8 Å². The van der Waals surface area contributed by atoms with Crippen molar-refractivity contribution in [3.8, 4) is 0 Å². The SMILES string of the molecule is C=C(C)CN(C)C(=O)NC(C)CS(=O)(=O)c1ccc(C)cc1. The fraction of sp³-hybridized carbons (Fsp3) is 0.438. The predicted octanol–water partition coefficient (Wildman–Crippen LogP) is 2.37. The maximum absolute atomic E-state index is 12.3. The van der Waals surface area contributed by atoms with Gasteiger partial charge in [-0.2, -0.15) is 0 Å². The van der Waals surface area contributed by atoms with Crippen molar-refractivity contribution >= 4 is 15.9 Å². The average molecular weight is 324 g/mol. The second-order valence-electron chi connectivity index (χ2n) is 5.76. The third kappa shape index (κ3) is 5.52. The van der Waals surface area contributed by atoms with Crippen LogP contribution in [0.5, 0.6) is 0 Å². The number of nitrogens with zero attached hydrogens (tertiary/aromatic N) is 1. The molecule has 5 nitrogen and oxygen atoms in total. The van der Waals surface area contributed by atoms with Crippen molar-refractivity contribution in [2.45, 2.75) is 31.7 Å². The number of hydrogen-bond donors (Lipinski definition) is 1. The highest BCUT2D eigenvalue weighted by Gasteiger charge is 2.20. The van der Waals surface area contributed by atoms with Crippen molar-refractivity contribution in [1.29, 1.82) is 0 Å². The molecule has 0 aliphatic rings. The summed E-state index contributed by atoms with van der Waals surface area (Å²) in [4.78, 5) is 13.7. The number of carbonyl (C=O) groups excluding carboxylic acids is 1. The van der Waals surface area contributed by atoms with Crippen molar-refractivity contribution in [3.63, 3.8) is 0 Å². The molecule has 6 heteroatoms. The van der Waals surface area contributed by atoms with Crippen LogP contribution in [0.4, 0.5) is 4.79 Å². The topological polar surface area (TPSA) is 66.5 Å². The van der Waals surface area contributed by atoms with Crippen LogP contribution in [0.2, 0.25) is 0 Å². The third-order valence-electron chi connectivity index (χ3n) is 3.07. The maximum Gasteiger partial charge on any atom is 0.317 e. The van der Waals surface area contributed by atoms with E-state index in [-0.39, 0.29) is 16.7 Å². The van der Waals surface area contributed by atoms with Crippen LogP contribution < -0.4 is 5.32 Å². The first-order chi connectivity index (χ1) is 10.1. The lowest BCUT2D eigenvalue weighted by atomic mass is 10.2. The molecular formula is C16H24N2O3S. The molecule has 0 saturated carbocycles. The van der Waals surface area contributed by atoms with Gasteiger partial charge in [-0.15, -0.1) is 0 Å². The van der Waals surface area contributed by atoms with Crippen LogP contribution in [0.15, 0.2) is 41.3 Å². The lowest BCUT2D eigenvalue weighted by Crippen LogP contribution is -2.44. The standard InChI is InChI=1S/C16H24N2O3S/c1-12(2)10-18(5)16(19)17-14(4)11-22(20,21)15-8-6-13(3)7-9-15/h6-9,14H,1,10-11H2,2-5H3,(H,17,19). The van der Waals surface area contributed by atoms with Gasteiger partial charge in [0.05, 0.1) is 10.6 Å². The number of carbonyl (C=O) groups is 1. The van der Waals surface area contributed by atoms with Crippen molar-refractivity contribution < 1.29 is 13.2 Å². The van der Waals surface area contributed by atoms with Gasteiger partial charge in [-0.1, -0.05) is 29.8 Å². The molecule has 1 unspecified atom stereocenters. The first-order valence-electron chi connectivity index (χ1n) is 7.07. The second-order valence-corrected chi connectivity index (χ2v) is 7.79. The minimum absolute atomic E-state index is 0.136. The first-order valence-corrected chi connectivity index (χ1v) is 8.72. The smallest absolute Gasteiger partial charge is 0.317 e. The highest BCUT2D eigenvalue weighted by atomic mass is 32.2. The van der Waals surface area contributed by atoms with E-state index in [4.69, 9.17) is 0 Å². The highest BCUT2D eigenvalue weighted by molar-refractivity contribution is 7.91. The van der Waals surface area contributed by atoms with E-state index < -0.39 is 15.9 Å². The Bertz CT molecular complexity index is 636. The number of amides is 2. The van der Waals surface area contributed by atoms with E-state index in [9.17, 15) is 13.2 Å². The maximum atomic E-state index is 12.3. The van der Waals surface area contributed by atoms with Gasteiger partial charge in [0.25, 0.3) is 0 Å². The summed E-state index contributed by atoms with van der Waals surface area (Å²) in [5, 5.41) is 2.69. The fourth-order valence-corrected chi connectivity index (χ4v) is 3.50. The number of aryl methyl sites for hydroxylation is 1. The molecule has 1 N–H and O–H groups in total. The van der Waals surface area contributed by atoms with Crippen LogP contribution in [-0.2, 0) is 9.84 Å². The summed E-state index contributed by atoms with van der Waals surface area (Å²) >= 11 is 0. The lowest BCUT2D eigenvalue weighted by molar-refractivity contribution is 0.210. The molecule has 0 radical (unpaired) electrons. The van der Waals surface area contributed by atoms with Crippen molar-refractivity contribution in [1.82, 2.24) is 10.2 Å². The lowest BCUT2D eigenvalue weighted by Gasteiger charge is -2.21. The van der Waals surface area contributed by atoms with E-state index in [2.05, 4.69) is 11.9 Å². The molecule has 0 aliphatic heterocycles. The normalized spacial score (nSPS) is 12.5. The van der Waals surface area contributed by atoms with Gasteiger partial charge in [-0.05, 0) is 32.9 Å². The van der Waals surface area contributed by atoms with Gasteiger partial charge in [-0.25, -0.2) is 13.2 Å². The van der Waals surface area contributed by atoms with Crippen LogP contribution in [0.3, 0.4) is 0 Å². The second kappa shape index (κ2) is 7.45. The molecular weight excluding hydrogens is 300 g/mol. The summed E-state index contributed by atoms with van der Waals surface area (Å²) in [7, 11) is -1.78. The van der Waals surface area contributed by atoms with Gasteiger partial charge >= 0.3 is 6.03 Å². The number of urea groups is 1. The molecule has 0 aromatic heterocycles. The van der Waals surface area contributed by atoms with E-state index in [1.54, 1.807) is 38.2 Å². The van der Waals surface area contributed by atoms with Gasteiger partial charge in [0, 0.05) is 19.6 Å². The van der Waals surface area contributed by atoms with Gasteiger partial charge in [0.15, 0.2) is 9.84 Å². The number of nitrogens with one attached hydrogen (secondary N) is 1. The van der Waals surface area contributed by atoms with Crippen LogP contribution in [0, 0.1) is 6.92 Å². The molecule has 0 fully saturated rings. The molecule has 0 saturated heterocycles. The number of hydrogen-bond acceptors (Lipinski definition) is 3. The molecule has 122 valence electrons. The average Bonchev–Trinajstić information content (AvgIpc) is 2.37. The number of sulfone groups is 1. The largest absolute Gasteiger partial charge is 0.334 e. The van der Waals surface area contributed by atoms with Gasteiger partial charge in [0.1, 0.15) is 0 Å². The summed E-state index contributed by atoms with van der Waals surface area (Å²) in [6.45, 7) is 9.59. The predicted molar refractivity (Wildman–Crippen MR) is 88.7 cm³/mol. The summed E-state index contributed by atoms with van der Waals surface area (Å²) in [5.74, 6) is -0.136. The Hall–Kier alpha value is -1.82. The van der Waals surface area contributed by atoms with E-state index in [1.165, 1.54) is 4.90 Å². The Morgan fingerprint density at radius 2 is 1.86 bits per heavy atom. The zero-order chi connectivity index (χ0) is 16.9. The molecule has 1 rings (SSSR count). The zero-order valence-electron chi connectivity index (χ0n) is 13.6. The van der Waals surface area contributed by atoms with Crippen LogP contribution >= 0.6 is 0 Å². The Balaban J connectivity index is 2.67. The number of likely N-dealkylation sites (N-methyl/N-ethyl adjacent to an activating group) is 1. The summed E-state index contributed by atoms with van der Waals surface area (Å²) in [5.41, 5.74) is 1.86. The molecule has 0 heterocycles. The molecule has 1 aromatic rings. The van der Waals surface area contributed by atoms with Gasteiger partial charge < -0.3 is 10.2 Å². The molecule has 22 heavy (non-hydrogen) atoms. The summed E-state index contributed by atoms with van der Waals surface area (Å²) in [6.07, 6.45) is 0. The molecule has 2 amide bonds. The Morgan fingerprint density at radius 3 is 2.36 bits per heavy atom. The summed E-state index contributed by atoms with van der Waals surface area (Å²) < 4.78 is 24.6. The minimum atomic E-state index is -3.42. The molecule has 0 spiro atoms. The highest BCUT2D eigenvalue weighted by Crippen LogP contribution is 2.13. The molecule has 0 bridgehead atoms. The molecule has 0 aliphatic carbocycles. The minimum Gasteiger partial charge on any atom is -0.334 e. The van der Waals surface area contributed by atoms with Crippen LogP contribution in [0.25, 0.3) is 0 Å². The van der Waals surface area contributed by atoms with Gasteiger partial charge in [0.2, 0.25) is 0 Å². The van der Waals surface area contributed by atoms with Crippen molar-refractivity contribution in [3.05, 3.63) is 42.0 Å². The Labute approximate surface area is 132 Å². The first kappa shape index (κ1) is 18.2. The third-order valence-corrected chi connectivity index (χ3v) is 5.00.